The van der Waals surface area contributed by atoms with Gasteiger partial charge in [0.1, 0.15) is 0 Å². The normalized spacial score (nSPS) is 21.5. The van der Waals surface area contributed by atoms with Gasteiger partial charge in [0.2, 0.25) is 11.8 Å². The highest BCUT2D eigenvalue weighted by Gasteiger charge is 2.38. The van der Waals surface area contributed by atoms with E-state index in [1.807, 2.05) is 6.92 Å². The van der Waals surface area contributed by atoms with Gasteiger partial charge in [-0.05, 0) is 11.8 Å². The highest BCUT2D eigenvalue weighted by molar-refractivity contribution is 5.98. The average molecular weight is 197 g/mol. The Bertz CT molecular complexity index is 230. The Kier molecular flexibility index (Phi) is 3.29. The minimum Gasteiger partial charge on any atom is -0.286 e. The summed E-state index contributed by atoms with van der Waals surface area (Å²) in [6, 6.07) is 0. The molecule has 0 N–H and O–H groups in total. The molecular weight excluding hydrogens is 178 g/mol. The summed E-state index contributed by atoms with van der Waals surface area (Å²) in [5.74, 6) is -0.0558. The molecule has 0 bridgehead atoms. The van der Waals surface area contributed by atoms with Gasteiger partial charge in [0.15, 0.2) is 0 Å². The highest BCUT2D eigenvalue weighted by Crippen LogP contribution is 2.36. The topological polar surface area (TPSA) is 37.4 Å². The number of carbonyl (C=O) groups is 2. The van der Waals surface area contributed by atoms with E-state index >= 15 is 0 Å². The second-order valence-corrected chi connectivity index (χ2v) is 4.61. The summed E-state index contributed by atoms with van der Waals surface area (Å²) in [6.07, 6.45) is 4.24. The number of amides is 2. The maximum atomic E-state index is 11.5. The van der Waals surface area contributed by atoms with Gasteiger partial charge in [0.25, 0.3) is 0 Å². The van der Waals surface area contributed by atoms with E-state index in [1.54, 1.807) is 7.05 Å². The molecule has 2 amide bonds. The van der Waals surface area contributed by atoms with Crippen molar-refractivity contribution in [1.29, 1.82) is 0 Å². The number of unbranched alkanes of at least 4 members (excludes halogenated alkanes) is 1. The summed E-state index contributed by atoms with van der Waals surface area (Å²) in [5.41, 5.74) is -0.0866. The maximum absolute atomic E-state index is 11.5. The minimum absolute atomic E-state index is 0.0279. The molecule has 1 heterocycles. The summed E-state index contributed by atoms with van der Waals surface area (Å²) in [5, 5.41) is 0. The molecule has 0 unspecified atom stereocenters. The smallest absolute Gasteiger partial charge is 0.229 e. The number of imide groups is 1. The Labute approximate surface area is 85.5 Å². The van der Waals surface area contributed by atoms with E-state index < -0.39 is 0 Å². The van der Waals surface area contributed by atoms with Crippen LogP contribution in [0.1, 0.15) is 46.0 Å². The Hall–Kier alpha value is -0.860. The van der Waals surface area contributed by atoms with Crippen LogP contribution in [0.4, 0.5) is 0 Å². The third kappa shape index (κ3) is 2.34. The summed E-state index contributed by atoms with van der Waals surface area (Å²) in [7, 11) is 1.57. The number of rotatable bonds is 3. The van der Waals surface area contributed by atoms with Gasteiger partial charge in [-0.15, -0.1) is 0 Å². The quantitative estimate of drug-likeness (QED) is 0.648. The van der Waals surface area contributed by atoms with Crippen LogP contribution in [0.5, 0.6) is 0 Å². The summed E-state index contributed by atoms with van der Waals surface area (Å²) in [6.45, 7) is 4.17. The van der Waals surface area contributed by atoms with Crippen LogP contribution < -0.4 is 0 Å². The van der Waals surface area contributed by atoms with Gasteiger partial charge in [0.05, 0.1) is 0 Å². The van der Waals surface area contributed by atoms with Crippen LogP contribution in [0.2, 0.25) is 0 Å². The number of carbonyl (C=O) groups excluding carboxylic acids is 2. The largest absolute Gasteiger partial charge is 0.286 e. The van der Waals surface area contributed by atoms with Gasteiger partial charge in [-0.3, -0.25) is 14.5 Å². The second kappa shape index (κ2) is 4.11. The van der Waals surface area contributed by atoms with Crippen LogP contribution >= 0.6 is 0 Å². The standard InChI is InChI=1S/C11H19NO2/c1-4-5-6-11(2)7-9(13)12(3)10(14)8-11/h4-8H2,1-3H3. The zero-order chi connectivity index (χ0) is 10.8. The molecule has 0 spiro atoms. The number of hydrogen-bond acceptors (Lipinski definition) is 2. The van der Waals surface area contributed by atoms with Crippen LogP contribution in [0.25, 0.3) is 0 Å². The van der Waals surface area contributed by atoms with Gasteiger partial charge in [0, 0.05) is 19.9 Å². The van der Waals surface area contributed by atoms with Gasteiger partial charge >= 0.3 is 0 Å². The maximum Gasteiger partial charge on any atom is 0.229 e. The third-order valence-electron chi connectivity index (χ3n) is 3.04. The van der Waals surface area contributed by atoms with E-state index in [-0.39, 0.29) is 17.2 Å². The van der Waals surface area contributed by atoms with E-state index in [2.05, 4.69) is 6.92 Å². The molecule has 1 saturated heterocycles. The van der Waals surface area contributed by atoms with E-state index in [4.69, 9.17) is 0 Å². The zero-order valence-electron chi connectivity index (χ0n) is 9.30. The molecule has 1 rings (SSSR count). The fraction of sp³-hybridized carbons (Fsp3) is 0.818. The molecule has 0 aromatic heterocycles. The van der Waals surface area contributed by atoms with E-state index in [0.717, 1.165) is 19.3 Å². The van der Waals surface area contributed by atoms with Crippen molar-refractivity contribution in [2.24, 2.45) is 5.41 Å². The molecule has 1 fully saturated rings. The monoisotopic (exact) mass is 197 g/mol. The van der Waals surface area contributed by atoms with Gasteiger partial charge in [-0.2, -0.15) is 0 Å². The lowest BCUT2D eigenvalue weighted by atomic mass is 9.76. The van der Waals surface area contributed by atoms with Gasteiger partial charge in [-0.1, -0.05) is 26.7 Å². The van der Waals surface area contributed by atoms with E-state index in [0.29, 0.717) is 12.8 Å². The number of hydrogen-bond donors (Lipinski definition) is 0. The predicted molar refractivity (Wildman–Crippen MR) is 54.6 cm³/mol. The Morgan fingerprint density at radius 2 is 1.79 bits per heavy atom. The first kappa shape index (κ1) is 11.2. The second-order valence-electron chi connectivity index (χ2n) is 4.61. The number of nitrogens with zero attached hydrogens (tertiary/aromatic N) is 1. The zero-order valence-corrected chi connectivity index (χ0v) is 9.30. The van der Waals surface area contributed by atoms with Crippen molar-refractivity contribution in [1.82, 2.24) is 4.90 Å². The Balaban J connectivity index is 2.64. The first-order chi connectivity index (χ1) is 6.48. The third-order valence-corrected chi connectivity index (χ3v) is 3.04. The van der Waals surface area contributed by atoms with Crippen molar-refractivity contribution >= 4 is 11.8 Å². The fourth-order valence-corrected chi connectivity index (χ4v) is 1.95. The molecule has 0 aliphatic carbocycles. The van der Waals surface area contributed by atoms with Crippen molar-refractivity contribution in [2.75, 3.05) is 7.05 Å². The van der Waals surface area contributed by atoms with Crippen LogP contribution in [-0.2, 0) is 9.59 Å². The molecule has 0 aromatic carbocycles. The molecule has 0 aromatic rings. The molecule has 0 atom stereocenters. The molecule has 3 nitrogen and oxygen atoms in total. The molecule has 80 valence electrons. The molecule has 1 aliphatic rings. The van der Waals surface area contributed by atoms with Gasteiger partial charge < -0.3 is 0 Å². The van der Waals surface area contributed by atoms with Crippen LogP contribution in [0.3, 0.4) is 0 Å². The predicted octanol–water partition coefficient (Wildman–Crippen LogP) is 1.96. The SMILES string of the molecule is CCCCC1(C)CC(=O)N(C)C(=O)C1. The lowest BCUT2D eigenvalue weighted by Crippen LogP contribution is -2.44. The van der Waals surface area contributed by atoms with Crippen molar-refractivity contribution in [3.05, 3.63) is 0 Å². The lowest BCUT2D eigenvalue weighted by Gasteiger charge is -2.35. The van der Waals surface area contributed by atoms with Crippen LogP contribution in [-0.4, -0.2) is 23.8 Å². The molecule has 0 radical (unpaired) electrons. The Morgan fingerprint density at radius 3 is 2.21 bits per heavy atom. The first-order valence-corrected chi connectivity index (χ1v) is 5.28. The van der Waals surface area contributed by atoms with E-state index in [1.165, 1.54) is 4.90 Å². The van der Waals surface area contributed by atoms with Crippen molar-refractivity contribution in [3.63, 3.8) is 0 Å². The van der Waals surface area contributed by atoms with E-state index in [9.17, 15) is 9.59 Å². The fourth-order valence-electron chi connectivity index (χ4n) is 1.95. The summed E-state index contributed by atoms with van der Waals surface area (Å²) in [4.78, 5) is 24.2. The lowest BCUT2D eigenvalue weighted by molar-refractivity contribution is -0.151. The summed E-state index contributed by atoms with van der Waals surface area (Å²) >= 11 is 0. The average Bonchev–Trinajstić information content (AvgIpc) is 2.11. The molecule has 3 heteroatoms. The van der Waals surface area contributed by atoms with Crippen molar-refractivity contribution in [3.8, 4) is 0 Å². The van der Waals surface area contributed by atoms with Crippen molar-refractivity contribution in [2.45, 2.75) is 46.0 Å². The van der Waals surface area contributed by atoms with Gasteiger partial charge in [-0.25, -0.2) is 0 Å². The molecular formula is C11H19NO2. The van der Waals surface area contributed by atoms with Crippen LogP contribution in [0, 0.1) is 5.41 Å². The number of piperidine rings is 1. The molecule has 0 saturated carbocycles. The van der Waals surface area contributed by atoms with Crippen LogP contribution in [0.15, 0.2) is 0 Å². The first-order valence-electron chi connectivity index (χ1n) is 5.28. The Morgan fingerprint density at radius 1 is 1.29 bits per heavy atom. The molecule has 14 heavy (non-hydrogen) atoms. The minimum atomic E-state index is -0.0866. The highest BCUT2D eigenvalue weighted by atomic mass is 16.2. The van der Waals surface area contributed by atoms with Crippen molar-refractivity contribution < 1.29 is 9.59 Å². The number of likely N-dealkylation sites (tertiary alicyclic amines) is 1. The summed E-state index contributed by atoms with van der Waals surface area (Å²) < 4.78 is 0. The molecule has 1 aliphatic heterocycles.